The highest BCUT2D eigenvalue weighted by molar-refractivity contribution is 7.80. The number of ether oxygens (including phenoxy) is 1. The van der Waals surface area contributed by atoms with Gasteiger partial charge in [0, 0.05) is 5.75 Å². The maximum Gasteiger partial charge on any atom is 0.404 e. The lowest BCUT2D eigenvalue weighted by atomic mass is 10.9. The first-order valence-corrected chi connectivity index (χ1v) is 2.35. The minimum Gasteiger partial charge on any atom is -0.449 e. The normalized spacial score (nSPS) is 8.14. The lowest BCUT2D eigenvalue weighted by Crippen LogP contribution is -2.14. The maximum atomic E-state index is 9.71. The summed E-state index contributed by atoms with van der Waals surface area (Å²) in [6.45, 7) is 0.241. The predicted molar refractivity (Wildman–Crippen MR) is 28.0 cm³/mol. The van der Waals surface area contributed by atoms with E-state index in [-0.39, 0.29) is 6.61 Å². The molecule has 0 unspecified atom stereocenters. The van der Waals surface area contributed by atoms with E-state index in [1.807, 2.05) is 0 Å². The molecule has 0 aliphatic carbocycles. The fourth-order valence-electron chi connectivity index (χ4n) is 0.142. The summed E-state index contributed by atoms with van der Waals surface area (Å²) in [4.78, 5) is 9.71. The smallest absolute Gasteiger partial charge is 0.404 e. The molecule has 0 aromatic carbocycles. The van der Waals surface area contributed by atoms with Gasteiger partial charge in [-0.05, 0) is 0 Å². The number of hydrogen-bond acceptors (Lipinski definition) is 2. The molecule has 0 fully saturated rings. The molecule has 1 radical (unpaired) electrons. The molecule has 0 bridgehead atoms. The van der Waals surface area contributed by atoms with Crippen molar-refractivity contribution in [2.45, 2.75) is 0 Å². The van der Waals surface area contributed by atoms with Crippen molar-refractivity contribution in [2.24, 2.45) is 5.73 Å². The van der Waals surface area contributed by atoms with Gasteiger partial charge in [0.25, 0.3) is 0 Å². The van der Waals surface area contributed by atoms with Crippen LogP contribution in [0.15, 0.2) is 0 Å². The molecular formula is C3H6NO2S. The van der Waals surface area contributed by atoms with Crippen molar-refractivity contribution in [2.75, 3.05) is 12.4 Å². The summed E-state index contributed by atoms with van der Waals surface area (Å²) in [6.07, 6.45) is -0.759. The lowest BCUT2D eigenvalue weighted by Gasteiger charge is -1.92. The molecule has 1 amide bonds. The average Bonchev–Trinajstić information content (AvgIpc) is 1.61. The zero-order chi connectivity index (χ0) is 5.70. The number of carbonyl (C=O) groups excluding carboxylic acids is 1. The van der Waals surface area contributed by atoms with E-state index in [1.165, 1.54) is 0 Å². The van der Waals surface area contributed by atoms with Gasteiger partial charge in [-0.3, -0.25) is 0 Å². The Bertz CT molecular complexity index is 66.0. The second-order valence-electron chi connectivity index (χ2n) is 0.872. The summed E-state index contributed by atoms with van der Waals surface area (Å²) in [5.41, 5.74) is 4.57. The molecule has 0 heterocycles. The first-order chi connectivity index (χ1) is 3.27. The molecule has 0 saturated heterocycles. The van der Waals surface area contributed by atoms with Crippen LogP contribution in [0.2, 0.25) is 0 Å². The molecule has 0 rings (SSSR count). The van der Waals surface area contributed by atoms with Crippen molar-refractivity contribution in [3.8, 4) is 0 Å². The van der Waals surface area contributed by atoms with E-state index in [4.69, 9.17) is 0 Å². The topological polar surface area (TPSA) is 52.3 Å². The zero-order valence-corrected chi connectivity index (χ0v) is 4.53. The number of carbonyl (C=O) groups is 1. The van der Waals surface area contributed by atoms with Crippen molar-refractivity contribution >= 4 is 18.7 Å². The van der Waals surface area contributed by atoms with Crippen LogP contribution in [-0.2, 0) is 4.74 Å². The predicted octanol–water partition coefficient (Wildman–Crippen LogP) is 0.279. The van der Waals surface area contributed by atoms with E-state index in [0.29, 0.717) is 5.75 Å². The Labute approximate surface area is 47.2 Å². The van der Waals surface area contributed by atoms with E-state index < -0.39 is 6.09 Å². The minimum absolute atomic E-state index is 0.241. The van der Waals surface area contributed by atoms with Crippen LogP contribution in [0.4, 0.5) is 4.79 Å². The maximum absolute atomic E-state index is 9.71. The van der Waals surface area contributed by atoms with Crippen molar-refractivity contribution in [3.05, 3.63) is 0 Å². The number of amides is 1. The molecular weight excluding hydrogens is 114 g/mol. The van der Waals surface area contributed by atoms with E-state index in [2.05, 4.69) is 23.1 Å². The monoisotopic (exact) mass is 120 g/mol. The third-order valence-corrected chi connectivity index (χ3v) is 0.494. The van der Waals surface area contributed by atoms with Crippen molar-refractivity contribution in [1.29, 1.82) is 0 Å². The van der Waals surface area contributed by atoms with Gasteiger partial charge in [-0.25, -0.2) is 4.79 Å². The summed E-state index contributed by atoms with van der Waals surface area (Å²) in [7, 11) is 0. The van der Waals surface area contributed by atoms with Gasteiger partial charge in [0.05, 0.1) is 0 Å². The lowest BCUT2D eigenvalue weighted by molar-refractivity contribution is 0.164. The molecule has 0 aliphatic heterocycles. The molecule has 0 saturated carbocycles. The number of rotatable bonds is 2. The first kappa shape index (κ1) is 6.62. The van der Waals surface area contributed by atoms with E-state index in [0.717, 1.165) is 0 Å². The third kappa shape index (κ3) is 5.62. The van der Waals surface area contributed by atoms with Crippen molar-refractivity contribution in [1.82, 2.24) is 0 Å². The number of hydrogen-bond donors (Lipinski definition) is 1. The Morgan fingerprint density at radius 1 is 1.86 bits per heavy atom. The Morgan fingerprint density at radius 2 is 2.43 bits per heavy atom. The third-order valence-electron chi connectivity index (χ3n) is 0.328. The summed E-state index contributed by atoms with van der Waals surface area (Å²) >= 11 is 4.44. The Morgan fingerprint density at radius 3 is 2.57 bits per heavy atom. The van der Waals surface area contributed by atoms with E-state index >= 15 is 0 Å². The van der Waals surface area contributed by atoms with Crippen LogP contribution in [0.1, 0.15) is 0 Å². The summed E-state index contributed by atoms with van der Waals surface area (Å²) in [5, 5.41) is 0. The van der Waals surface area contributed by atoms with Crippen LogP contribution in [0.3, 0.4) is 0 Å². The Balaban J connectivity index is 2.82. The van der Waals surface area contributed by atoms with Crippen molar-refractivity contribution in [3.63, 3.8) is 0 Å². The zero-order valence-electron chi connectivity index (χ0n) is 3.72. The quantitative estimate of drug-likeness (QED) is 0.569. The highest BCUT2D eigenvalue weighted by atomic mass is 32.1. The molecule has 0 spiro atoms. The SMILES string of the molecule is NC(=O)OCC[S]. The standard InChI is InChI=1S/C3H6NO2S/c4-3(5)6-1-2-7/h1-2H2,(H2,4,5). The Kier molecular flexibility index (Phi) is 3.59. The minimum atomic E-state index is -0.759. The molecule has 3 nitrogen and oxygen atoms in total. The Hall–Kier alpha value is -0.380. The summed E-state index contributed by atoms with van der Waals surface area (Å²) < 4.78 is 4.23. The van der Waals surface area contributed by atoms with Gasteiger partial charge in [0.15, 0.2) is 0 Å². The van der Waals surface area contributed by atoms with Crippen LogP contribution < -0.4 is 5.73 Å². The second kappa shape index (κ2) is 3.80. The van der Waals surface area contributed by atoms with E-state index in [1.54, 1.807) is 0 Å². The fourth-order valence-corrected chi connectivity index (χ4v) is 0.226. The summed E-state index contributed by atoms with van der Waals surface area (Å²) in [5.74, 6) is 0.406. The van der Waals surface area contributed by atoms with Gasteiger partial charge >= 0.3 is 6.09 Å². The largest absolute Gasteiger partial charge is 0.449 e. The van der Waals surface area contributed by atoms with Gasteiger partial charge < -0.3 is 10.5 Å². The fraction of sp³-hybridized carbons (Fsp3) is 0.667. The number of primary amides is 1. The molecule has 7 heavy (non-hydrogen) atoms. The van der Waals surface area contributed by atoms with Gasteiger partial charge in [0.1, 0.15) is 6.61 Å². The molecule has 0 atom stereocenters. The van der Waals surface area contributed by atoms with Crippen LogP contribution in [0.25, 0.3) is 0 Å². The molecule has 0 aromatic heterocycles. The van der Waals surface area contributed by atoms with Crippen LogP contribution in [0.5, 0.6) is 0 Å². The summed E-state index contributed by atoms with van der Waals surface area (Å²) in [6, 6.07) is 0. The molecule has 41 valence electrons. The molecule has 0 aliphatic rings. The van der Waals surface area contributed by atoms with Crippen LogP contribution >= 0.6 is 12.6 Å². The first-order valence-electron chi connectivity index (χ1n) is 1.77. The second-order valence-corrected chi connectivity index (χ2v) is 1.28. The molecule has 2 N–H and O–H groups in total. The molecule has 0 aromatic rings. The van der Waals surface area contributed by atoms with Crippen LogP contribution in [-0.4, -0.2) is 18.5 Å². The van der Waals surface area contributed by atoms with Gasteiger partial charge in [-0.15, -0.1) is 0 Å². The van der Waals surface area contributed by atoms with Gasteiger partial charge in [-0.2, -0.15) is 0 Å². The van der Waals surface area contributed by atoms with Crippen LogP contribution in [0, 0.1) is 0 Å². The average molecular weight is 120 g/mol. The van der Waals surface area contributed by atoms with Crippen molar-refractivity contribution < 1.29 is 9.53 Å². The highest BCUT2D eigenvalue weighted by Crippen LogP contribution is 1.75. The van der Waals surface area contributed by atoms with Gasteiger partial charge in [-0.1, -0.05) is 12.6 Å². The highest BCUT2D eigenvalue weighted by Gasteiger charge is 1.87. The van der Waals surface area contributed by atoms with E-state index in [9.17, 15) is 4.79 Å². The van der Waals surface area contributed by atoms with Gasteiger partial charge in [0.2, 0.25) is 0 Å². The number of nitrogens with two attached hydrogens (primary N) is 1. The molecule has 4 heteroatoms.